The second-order valence-corrected chi connectivity index (χ2v) is 7.81. The maximum Gasteiger partial charge on any atom is 0.226 e. The van der Waals surface area contributed by atoms with Crippen molar-refractivity contribution in [1.29, 1.82) is 0 Å². The van der Waals surface area contributed by atoms with Crippen molar-refractivity contribution >= 4 is 5.91 Å². The molecule has 0 heterocycles. The van der Waals surface area contributed by atoms with Crippen LogP contribution in [0.4, 0.5) is 0 Å². The largest absolute Gasteiger partial charge is 0.394 e. The molecule has 2 unspecified atom stereocenters. The fraction of sp³-hybridized carbons (Fsp3) is 0.938. The summed E-state index contributed by atoms with van der Waals surface area (Å²) in [5.74, 6) is 1.77. The van der Waals surface area contributed by atoms with Gasteiger partial charge in [-0.05, 0) is 62.2 Å². The minimum atomic E-state index is -0.110. The lowest BCUT2D eigenvalue weighted by molar-refractivity contribution is -0.156. The van der Waals surface area contributed by atoms with Crippen molar-refractivity contribution in [1.82, 2.24) is 5.32 Å². The van der Waals surface area contributed by atoms with Gasteiger partial charge in [0.05, 0.1) is 18.1 Å². The summed E-state index contributed by atoms with van der Waals surface area (Å²) in [4.78, 5) is 12.7. The minimum absolute atomic E-state index is 0.0580. The Kier molecular flexibility index (Phi) is 3.16. The monoisotopic (exact) mass is 265 g/mol. The lowest BCUT2D eigenvalue weighted by Gasteiger charge is -2.60. The first kappa shape index (κ1) is 13.4. The van der Waals surface area contributed by atoms with Crippen LogP contribution in [-0.2, 0) is 4.79 Å². The number of nitrogens with one attached hydrogen (secondary N) is 1. The van der Waals surface area contributed by atoms with Crippen molar-refractivity contribution in [2.75, 3.05) is 6.61 Å². The zero-order valence-corrected chi connectivity index (χ0v) is 12.2. The van der Waals surface area contributed by atoms with Gasteiger partial charge in [0.1, 0.15) is 0 Å². The standard InChI is InChI=1S/C16H27NO2/c1-3-13(9-18)17-14(19)16-7-11-4-12(8-16)6-15(2,5-11)10-16/h11-13,18H,3-10H2,1-2H3,(H,17,19)/t11?,12?,13-,15?,16?/m0/s1. The predicted octanol–water partition coefficient (Wildman–Crippen LogP) is 2.48. The lowest BCUT2D eigenvalue weighted by atomic mass is 9.44. The Balaban J connectivity index is 1.78. The number of aliphatic hydroxyl groups is 1. The van der Waals surface area contributed by atoms with Gasteiger partial charge in [0.2, 0.25) is 5.91 Å². The van der Waals surface area contributed by atoms with Crippen LogP contribution in [0.25, 0.3) is 0 Å². The number of carbonyl (C=O) groups excluding carboxylic acids is 1. The highest BCUT2D eigenvalue weighted by Gasteiger charge is 2.58. The SMILES string of the molecule is CC[C@@H](CO)NC(=O)C12CC3CC(CC(C)(C3)C1)C2. The maximum absolute atomic E-state index is 12.7. The van der Waals surface area contributed by atoms with Crippen LogP contribution in [-0.4, -0.2) is 23.7 Å². The zero-order chi connectivity index (χ0) is 13.7. The van der Waals surface area contributed by atoms with Crippen LogP contribution in [0.15, 0.2) is 0 Å². The van der Waals surface area contributed by atoms with Crippen LogP contribution in [0.3, 0.4) is 0 Å². The third-order valence-electron chi connectivity index (χ3n) is 5.88. The van der Waals surface area contributed by atoms with Gasteiger partial charge in [-0.15, -0.1) is 0 Å². The summed E-state index contributed by atoms with van der Waals surface area (Å²) in [6.07, 6.45) is 8.07. The molecule has 19 heavy (non-hydrogen) atoms. The van der Waals surface area contributed by atoms with Gasteiger partial charge < -0.3 is 10.4 Å². The molecule has 0 aliphatic heterocycles. The topological polar surface area (TPSA) is 49.3 Å². The van der Waals surface area contributed by atoms with E-state index in [9.17, 15) is 9.90 Å². The van der Waals surface area contributed by atoms with Gasteiger partial charge in [0, 0.05) is 0 Å². The summed E-state index contributed by atoms with van der Waals surface area (Å²) in [5.41, 5.74) is 0.295. The van der Waals surface area contributed by atoms with Gasteiger partial charge in [0.15, 0.2) is 0 Å². The van der Waals surface area contributed by atoms with Crippen LogP contribution < -0.4 is 5.32 Å². The Labute approximate surface area is 116 Å². The highest BCUT2D eigenvalue weighted by molar-refractivity contribution is 5.83. The molecular formula is C16H27NO2. The van der Waals surface area contributed by atoms with Crippen LogP contribution in [0.5, 0.6) is 0 Å². The molecule has 0 aromatic rings. The van der Waals surface area contributed by atoms with Gasteiger partial charge >= 0.3 is 0 Å². The van der Waals surface area contributed by atoms with E-state index in [0.717, 1.165) is 37.5 Å². The Bertz CT molecular complexity index is 361. The number of carbonyl (C=O) groups is 1. The van der Waals surface area contributed by atoms with E-state index in [1.54, 1.807) is 0 Å². The van der Waals surface area contributed by atoms with Crippen molar-refractivity contribution in [3.63, 3.8) is 0 Å². The second kappa shape index (κ2) is 4.47. The van der Waals surface area contributed by atoms with E-state index in [0.29, 0.717) is 5.41 Å². The quantitative estimate of drug-likeness (QED) is 0.820. The van der Waals surface area contributed by atoms with E-state index in [4.69, 9.17) is 0 Å². The summed E-state index contributed by atoms with van der Waals surface area (Å²) in [6, 6.07) is -0.0617. The fourth-order valence-corrected chi connectivity index (χ4v) is 5.60. The summed E-state index contributed by atoms with van der Waals surface area (Å²) < 4.78 is 0. The lowest BCUT2D eigenvalue weighted by Crippen LogP contribution is -2.58. The van der Waals surface area contributed by atoms with E-state index in [1.165, 1.54) is 19.3 Å². The van der Waals surface area contributed by atoms with E-state index in [2.05, 4.69) is 12.2 Å². The van der Waals surface area contributed by atoms with Gasteiger partial charge in [-0.25, -0.2) is 0 Å². The third kappa shape index (κ3) is 2.20. The number of rotatable bonds is 4. The number of amides is 1. The normalized spacial score (nSPS) is 45.2. The predicted molar refractivity (Wildman–Crippen MR) is 74.5 cm³/mol. The number of hydrogen-bond donors (Lipinski definition) is 2. The first-order valence-corrected chi connectivity index (χ1v) is 7.90. The molecule has 3 atom stereocenters. The molecule has 2 N–H and O–H groups in total. The average molecular weight is 265 g/mol. The minimum Gasteiger partial charge on any atom is -0.394 e. The smallest absolute Gasteiger partial charge is 0.226 e. The van der Waals surface area contributed by atoms with Crippen LogP contribution >= 0.6 is 0 Å². The molecule has 0 saturated heterocycles. The Hall–Kier alpha value is -0.570. The Morgan fingerprint density at radius 1 is 1.32 bits per heavy atom. The third-order valence-corrected chi connectivity index (χ3v) is 5.88. The molecule has 3 nitrogen and oxygen atoms in total. The molecule has 4 aliphatic carbocycles. The van der Waals surface area contributed by atoms with Gasteiger partial charge in [-0.3, -0.25) is 4.79 Å². The van der Waals surface area contributed by atoms with Gasteiger partial charge in [0.25, 0.3) is 0 Å². The molecule has 4 aliphatic rings. The summed E-state index contributed by atoms with van der Waals surface area (Å²) >= 11 is 0. The van der Waals surface area contributed by atoms with Crippen LogP contribution in [0.1, 0.15) is 58.8 Å². The Morgan fingerprint density at radius 2 is 1.95 bits per heavy atom. The van der Waals surface area contributed by atoms with E-state index in [-0.39, 0.29) is 24.0 Å². The molecule has 4 saturated carbocycles. The highest BCUT2D eigenvalue weighted by Crippen LogP contribution is 2.65. The fourth-order valence-electron chi connectivity index (χ4n) is 5.60. The molecule has 0 spiro atoms. The molecule has 4 fully saturated rings. The molecule has 3 heteroatoms. The second-order valence-electron chi connectivity index (χ2n) is 7.81. The van der Waals surface area contributed by atoms with Crippen molar-refractivity contribution in [3.8, 4) is 0 Å². The van der Waals surface area contributed by atoms with Crippen molar-refractivity contribution < 1.29 is 9.90 Å². The number of hydrogen-bond acceptors (Lipinski definition) is 2. The molecular weight excluding hydrogens is 238 g/mol. The first-order chi connectivity index (χ1) is 8.98. The van der Waals surface area contributed by atoms with Crippen LogP contribution in [0, 0.1) is 22.7 Å². The summed E-state index contributed by atoms with van der Waals surface area (Å²) in [5, 5.41) is 12.4. The molecule has 1 amide bonds. The molecule has 0 aromatic carbocycles. The van der Waals surface area contributed by atoms with Gasteiger partial charge in [-0.1, -0.05) is 13.8 Å². The van der Waals surface area contributed by atoms with E-state index in [1.807, 2.05) is 6.92 Å². The average Bonchev–Trinajstić information content (AvgIpc) is 2.32. The Morgan fingerprint density at radius 3 is 2.42 bits per heavy atom. The zero-order valence-electron chi connectivity index (χ0n) is 12.2. The van der Waals surface area contributed by atoms with Crippen LogP contribution in [0.2, 0.25) is 0 Å². The van der Waals surface area contributed by atoms with Crippen molar-refractivity contribution in [2.45, 2.75) is 64.8 Å². The van der Waals surface area contributed by atoms with Crippen molar-refractivity contribution in [2.24, 2.45) is 22.7 Å². The molecule has 0 aromatic heterocycles. The van der Waals surface area contributed by atoms with Crippen molar-refractivity contribution in [3.05, 3.63) is 0 Å². The summed E-state index contributed by atoms with van der Waals surface area (Å²) in [7, 11) is 0. The molecule has 4 rings (SSSR count). The molecule has 4 bridgehead atoms. The van der Waals surface area contributed by atoms with E-state index >= 15 is 0 Å². The first-order valence-electron chi connectivity index (χ1n) is 7.90. The number of aliphatic hydroxyl groups excluding tert-OH is 1. The maximum atomic E-state index is 12.7. The molecule has 0 radical (unpaired) electrons. The molecule has 108 valence electrons. The summed E-state index contributed by atoms with van der Waals surface area (Å²) in [6.45, 7) is 4.46. The van der Waals surface area contributed by atoms with Gasteiger partial charge in [-0.2, -0.15) is 0 Å². The highest BCUT2D eigenvalue weighted by atomic mass is 16.3. The van der Waals surface area contributed by atoms with E-state index < -0.39 is 0 Å².